The third-order valence-corrected chi connectivity index (χ3v) is 7.91. The van der Waals surface area contributed by atoms with Gasteiger partial charge in [0.1, 0.15) is 0 Å². The first kappa shape index (κ1) is 22.2. The Labute approximate surface area is 189 Å². The predicted molar refractivity (Wildman–Crippen MR) is 125 cm³/mol. The van der Waals surface area contributed by atoms with E-state index in [4.69, 9.17) is 0 Å². The molecule has 1 amide bonds. The lowest BCUT2D eigenvalue weighted by atomic mass is 10.0. The summed E-state index contributed by atoms with van der Waals surface area (Å²) in [4.78, 5) is 13.1. The zero-order chi connectivity index (χ0) is 22.9. The largest absolute Gasteiger partial charge is 0.322 e. The minimum atomic E-state index is -3.51. The Balaban J connectivity index is 1.48. The Morgan fingerprint density at radius 1 is 1.06 bits per heavy atom. The second-order valence-corrected chi connectivity index (χ2v) is 10.4. The lowest BCUT2D eigenvalue weighted by Gasteiger charge is -2.29. The second kappa shape index (κ2) is 8.88. The van der Waals surface area contributed by atoms with E-state index < -0.39 is 10.0 Å². The highest BCUT2D eigenvalue weighted by atomic mass is 32.2. The number of rotatable bonds is 5. The molecule has 7 nitrogen and oxygen atoms in total. The monoisotopic (exact) mass is 452 g/mol. The first-order chi connectivity index (χ1) is 15.3. The van der Waals surface area contributed by atoms with E-state index in [1.165, 1.54) is 0 Å². The van der Waals surface area contributed by atoms with Gasteiger partial charge in [0.05, 0.1) is 28.0 Å². The van der Waals surface area contributed by atoms with Gasteiger partial charge in [-0.3, -0.25) is 4.79 Å². The van der Waals surface area contributed by atoms with E-state index in [0.717, 1.165) is 29.8 Å². The molecule has 0 saturated carbocycles. The number of nitrogens with zero attached hydrogens (tertiary/aromatic N) is 3. The Morgan fingerprint density at radius 2 is 1.75 bits per heavy atom. The smallest absolute Gasteiger partial charge is 0.259 e. The molecule has 0 radical (unpaired) electrons. The molecule has 0 bridgehead atoms. The van der Waals surface area contributed by atoms with Crippen molar-refractivity contribution in [1.82, 2.24) is 14.1 Å². The maximum absolute atomic E-state index is 12.9. The van der Waals surface area contributed by atoms with Crippen LogP contribution in [0.1, 0.15) is 41.4 Å². The molecule has 1 saturated heterocycles. The highest BCUT2D eigenvalue weighted by Gasteiger charge is 2.28. The molecule has 3 aromatic rings. The molecule has 0 unspecified atom stereocenters. The molecule has 8 heteroatoms. The fourth-order valence-electron chi connectivity index (χ4n) is 3.94. The van der Waals surface area contributed by atoms with Crippen LogP contribution in [0.5, 0.6) is 0 Å². The van der Waals surface area contributed by atoms with E-state index in [1.54, 1.807) is 39.4 Å². The molecule has 4 rings (SSSR count). The molecular formula is C24H28N4O3S. The van der Waals surface area contributed by atoms with Crippen molar-refractivity contribution in [3.63, 3.8) is 0 Å². The molecule has 1 aromatic heterocycles. The van der Waals surface area contributed by atoms with Crippen LogP contribution < -0.4 is 5.32 Å². The number of aromatic nitrogens is 2. The Kier molecular flexibility index (Phi) is 6.17. The summed E-state index contributed by atoms with van der Waals surface area (Å²) in [7, 11) is -3.51. The average Bonchev–Trinajstić information content (AvgIpc) is 3.16. The van der Waals surface area contributed by atoms with Crippen LogP contribution in [0.3, 0.4) is 0 Å². The minimum Gasteiger partial charge on any atom is -0.322 e. The van der Waals surface area contributed by atoms with Crippen LogP contribution in [0, 0.1) is 19.8 Å². The first-order valence-corrected chi connectivity index (χ1v) is 12.2. The topological polar surface area (TPSA) is 84.3 Å². The molecule has 0 aliphatic carbocycles. The van der Waals surface area contributed by atoms with Crippen LogP contribution in [-0.2, 0) is 10.0 Å². The number of amides is 1. The molecule has 2 aromatic carbocycles. The van der Waals surface area contributed by atoms with Crippen LogP contribution in [0.2, 0.25) is 0 Å². The van der Waals surface area contributed by atoms with E-state index in [0.29, 0.717) is 30.3 Å². The van der Waals surface area contributed by atoms with Gasteiger partial charge in [0.2, 0.25) is 10.0 Å². The SMILES string of the molecule is Cc1cccc(-n2ncc(C(=O)Nc3ccc(S(=O)(=O)N4CCC(C)CC4)cc3)c2C)c1. The maximum Gasteiger partial charge on any atom is 0.259 e. The Bertz CT molecular complexity index is 1220. The number of piperidine rings is 1. The zero-order valence-corrected chi connectivity index (χ0v) is 19.4. The Hall–Kier alpha value is -2.97. The second-order valence-electron chi connectivity index (χ2n) is 8.46. The number of hydrogen-bond acceptors (Lipinski definition) is 4. The predicted octanol–water partition coefficient (Wildman–Crippen LogP) is 4.16. The minimum absolute atomic E-state index is 0.244. The van der Waals surface area contributed by atoms with Crippen LogP contribution in [0.4, 0.5) is 5.69 Å². The highest BCUT2D eigenvalue weighted by molar-refractivity contribution is 7.89. The third kappa shape index (κ3) is 4.47. The molecule has 168 valence electrons. The molecule has 1 aliphatic heterocycles. The van der Waals surface area contributed by atoms with Gasteiger partial charge in [-0.15, -0.1) is 0 Å². The van der Waals surface area contributed by atoms with Crippen LogP contribution in [0.15, 0.2) is 59.6 Å². The molecule has 1 fully saturated rings. The standard InChI is InChI=1S/C24H28N4O3S/c1-17-11-13-27(14-12-17)32(30,31)22-9-7-20(8-10-22)26-24(29)23-16-25-28(19(23)3)21-6-4-5-18(2)15-21/h4-10,15-17H,11-14H2,1-3H3,(H,26,29). The van der Waals surface area contributed by atoms with Crippen molar-refractivity contribution in [2.24, 2.45) is 5.92 Å². The van der Waals surface area contributed by atoms with Crippen molar-refractivity contribution < 1.29 is 13.2 Å². The Morgan fingerprint density at radius 3 is 2.41 bits per heavy atom. The summed E-state index contributed by atoms with van der Waals surface area (Å²) in [5.41, 5.74) is 3.72. The fraction of sp³-hybridized carbons (Fsp3) is 0.333. The number of carbonyl (C=O) groups excluding carboxylic acids is 1. The maximum atomic E-state index is 12.9. The molecular weight excluding hydrogens is 424 g/mol. The molecule has 1 aliphatic rings. The quantitative estimate of drug-likeness (QED) is 0.630. The van der Waals surface area contributed by atoms with Crippen molar-refractivity contribution >= 4 is 21.6 Å². The van der Waals surface area contributed by atoms with Crippen LogP contribution >= 0.6 is 0 Å². The molecule has 1 N–H and O–H groups in total. The summed E-state index contributed by atoms with van der Waals surface area (Å²) in [6, 6.07) is 14.2. The summed E-state index contributed by atoms with van der Waals surface area (Å²) in [5, 5.41) is 7.20. The van der Waals surface area contributed by atoms with Gasteiger partial charge in [-0.05, 0) is 74.6 Å². The number of anilines is 1. The fourth-order valence-corrected chi connectivity index (χ4v) is 5.41. The summed E-state index contributed by atoms with van der Waals surface area (Å²) >= 11 is 0. The van der Waals surface area contributed by atoms with Gasteiger partial charge in [0.15, 0.2) is 0 Å². The molecule has 0 spiro atoms. The summed E-state index contributed by atoms with van der Waals surface area (Å²) in [6.45, 7) is 7.09. The van der Waals surface area contributed by atoms with Gasteiger partial charge in [0, 0.05) is 18.8 Å². The van der Waals surface area contributed by atoms with Crippen molar-refractivity contribution in [2.75, 3.05) is 18.4 Å². The van der Waals surface area contributed by atoms with E-state index in [-0.39, 0.29) is 10.8 Å². The van der Waals surface area contributed by atoms with Crippen molar-refractivity contribution in [1.29, 1.82) is 0 Å². The van der Waals surface area contributed by atoms with Gasteiger partial charge < -0.3 is 5.32 Å². The van der Waals surface area contributed by atoms with E-state index in [2.05, 4.69) is 17.3 Å². The van der Waals surface area contributed by atoms with Gasteiger partial charge in [-0.2, -0.15) is 9.40 Å². The van der Waals surface area contributed by atoms with Crippen molar-refractivity contribution in [2.45, 2.75) is 38.5 Å². The normalized spacial score (nSPS) is 15.6. The summed E-state index contributed by atoms with van der Waals surface area (Å²) in [5.74, 6) is 0.264. The zero-order valence-electron chi connectivity index (χ0n) is 18.6. The lowest BCUT2D eigenvalue weighted by molar-refractivity contribution is 0.102. The van der Waals surface area contributed by atoms with E-state index >= 15 is 0 Å². The average molecular weight is 453 g/mol. The van der Waals surface area contributed by atoms with Crippen molar-refractivity contribution in [3.05, 3.63) is 71.5 Å². The lowest BCUT2D eigenvalue weighted by Crippen LogP contribution is -2.37. The van der Waals surface area contributed by atoms with Gasteiger partial charge in [-0.1, -0.05) is 19.1 Å². The van der Waals surface area contributed by atoms with Gasteiger partial charge in [-0.25, -0.2) is 13.1 Å². The summed E-state index contributed by atoms with van der Waals surface area (Å²) < 4.78 is 29.0. The van der Waals surface area contributed by atoms with Crippen molar-refractivity contribution in [3.8, 4) is 5.69 Å². The highest BCUT2D eigenvalue weighted by Crippen LogP contribution is 2.25. The number of nitrogens with one attached hydrogen (secondary N) is 1. The third-order valence-electron chi connectivity index (χ3n) is 5.99. The number of aryl methyl sites for hydroxylation is 1. The van der Waals surface area contributed by atoms with Crippen LogP contribution in [-0.4, -0.2) is 41.5 Å². The first-order valence-electron chi connectivity index (χ1n) is 10.8. The number of hydrogen-bond donors (Lipinski definition) is 1. The van der Waals surface area contributed by atoms with Gasteiger partial charge >= 0.3 is 0 Å². The summed E-state index contributed by atoms with van der Waals surface area (Å²) in [6.07, 6.45) is 3.30. The van der Waals surface area contributed by atoms with Crippen LogP contribution in [0.25, 0.3) is 5.69 Å². The van der Waals surface area contributed by atoms with E-state index in [9.17, 15) is 13.2 Å². The number of carbonyl (C=O) groups is 1. The number of sulfonamides is 1. The molecule has 32 heavy (non-hydrogen) atoms. The molecule has 2 heterocycles. The molecule has 0 atom stereocenters. The van der Waals surface area contributed by atoms with E-state index in [1.807, 2.05) is 38.1 Å². The number of benzene rings is 2. The van der Waals surface area contributed by atoms with Gasteiger partial charge in [0.25, 0.3) is 5.91 Å².